The fraction of sp³-hybridized carbons (Fsp3) is 0.400. The van der Waals surface area contributed by atoms with Gasteiger partial charge in [0.1, 0.15) is 11.4 Å². The van der Waals surface area contributed by atoms with E-state index in [4.69, 9.17) is 34.8 Å². The van der Waals surface area contributed by atoms with Gasteiger partial charge in [-0.3, -0.25) is 9.59 Å². The fourth-order valence-electron chi connectivity index (χ4n) is 2.79. The van der Waals surface area contributed by atoms with Crippen molar-refractivity contribution >= 4 is 58.9 Å². The number of amides is 2. The van der Waals surface area contributed by atoms with Gasteiger partial charge in [0.25, 0.3) is 5.91 Å². The van der Waals surface area contributed by atoms with E-state index in [1.807, 2.05) is 35.2 Å². The maximum Gasteiger partial charge on any atom is 0.253 e. The number of nitrogens with zero attached hydrogens (tertiary/aromatic N) is 2. The van der Waals surface area contributed by atoms with Gasteiger partial charge >= 0.3 is 0 Å². The molecule has 1 saturated heterocycles. The summed E-state index contributed by atoms with van der Waals surface area (Å²) in [6, 6.07) is 5.31. The maximum absolute atomic E-state index is 12.0. The number of fused-ring (bicyclic) bond motifs is 1. The molecule has 2 aliphatic rings. The van der Waals surface area contributed by atoms with Gasteiger partial charge in [-0.2, -0.15) is 4.57 Å². The third kappa shape index (κ3) is 4.83. The Morgan fingerprint density at radius 3 is 2.84 bits per heavy atom. The molecule has 0 bridgehead atoms. The Bertz CT molecular complexity index is 699. The summed E-state index contributed by atoms with van der Waals surface area (Å²) in [5.41, 5.74) is 2.00. The number of carbonyl (C=O) groups excluding carboxylic acids is 2. The zero-order valence-corrected chi connectivity index (χ0v) is 17.5. The number of carbonyl (C=O) groups is 2. The minimum atomic E-state index is -1.36. The van der Waals surface area contributed by atoms with Crippen molar-refractivity contribution in [1.82, 2.24) is 10.2 Å². The van der Waals surface area contributed by atoms with Crippen molar-refractivity contribution in [3.05, 3.63) is 41.9 Å². The Kier molecular flexibility index (Phi) is 7.07. The summed E-state index contributed by atoms with van der Waals surface area (Å²) in [5.74, 6) is 0.692. The van der Waals surface area contributed by atoms with Gasteiger partial charge in [-0.05, 0) is 0 Å². The van der Waals surface area contributed by atoms with Crippen molar-refractivity contribution < 1.29 is 31.1 Å². The molecule has 0 radical (unpaired) electrons. The molecule has 0 aliphatic carbocycles. The SMILES string of the molecule is O=CN[C@@H]1C(=O)N2C=C(C[n+]3ccccc3CC(Cl)(Cl)Cl)CS[C@H]12.[Br-]. The van der Waals surface area contributed by atoms with Gasteiger partial charge in [0.2, 0.25) is 6.41 Å². The third-order valence-electron chi connectivity index (χ3n) is 3.88. The Balaban J connectivity index is 0.00000225. The van der Waals surface area contributed by atoms with Gasteiger partial charge in [-0.25, -0.2) is 0 Å². The van der Waals surface area contributed by atoms with Crippen LogP contribution in [0.25, 0.3) is 0 Å². The molecular weight excluding hydrogens is 473 g/mol. The van der Waals surface area contributed by atoms with Crippen LogP contribution in [-0.2, 0) is 22.6 Å². The molecule has 1 fully saturated rings. The van der Waals surface area contributed by atoms with Crippen LogP contribution in [0.5, 0.6) is 0 Å². The average Bonchev–Trinajstić information content (AvgIpc) is 2.53. The van der Waals surface area contributed by atoms with Gasteiger partial charge in [0.05, 0.1) is 6.42 Å². The second-order valence-electron chi connectivity index (χ2n) is 5.61. The minimum Gasteiger partial charge on any atom is -1.00 e. The molecule has 1 N–H and O–H groups in total. The molecule has 0 aromatic carbocycles. The lowest BCUT2D eigenvalue weighted by Crippen LogP contribution is -3.00. The van der Waals surface area contributed by atoms with E-state index >= 15 is 0 Å². The van der Waals surface area contributed by atoms with Crippen LogP contribution >= 0.6 is 46.6 Å². The molecule has 0 saturated carbocycles. The van der Waals surface area contributed by atoms with Crippen LogP contribution in [0, 0.1) is 0 Å². The molecule has 0 spiro atoms. The lowest BCUT2D eigenvalue weighted by molar-refractivity contribution is -0.696. The predicted octanol–water partition coefficient (Wildman–Crippen LogP) is -1.20. The van der Waals surface area contributed by atoms with Gasteiger partial charge in [-0.1, -0.05) is 40.9 Å². The highest BCUT2D eigenvalue weighted by atomic mass is 79.9. The van der Waals surface area contributed by atoms with Gasteiger partial charge in [0, 0.05) is 29.7 Å². The molecule has 25 heavy (non-hydrogen) atoms. The number of hydrogen-bond acceptors (Lipinski definition) is 3. The second kappa shape index (κ2) is 8.48. The van der Waals surface area contributed by atoms with Crippen molar-refractivity contribution in [2.45, 2.75) is 28.2 Å². The quantitative estimate of drug-likeness (QED) is 0.246. The van der Waals surface area contributed by atoms with Crippen LogP contribution in [0.4, 0.5) is 0 Å². The Morgan fingerprint density at radius 1 is 1.40 bits per heavy atom. The van der Waals surface area contributed by atoms with Gasteiger partial charge < -0.3 is 27.2 Å². The Morgan fingerprint density at radius 2 is 2.16 bits per heavy atom. The zero-order valence-electron chi connectivity index (χ0n) is 12.9. The standard InChI is InChI=1S/C15H14Cl3N3O2S.BrH/c16-15(17,18)5-11-3-1-2-4-20(11)6-10-7-21-13(23)12(19-9-22)14(21)24-8-10;/h1-4,7,9,12,14H,5-6,8H2;1H/t12-,14-;/m1./s1. The summed E-state index contributed by atoms with van der Waals surface area (Å²) in [4.78, 5) is 24.2. The Hall–Kier alpha value is -0.470. The monoisotopic (exact) mass is 485 g/mol. The maximum atomic E-state index is 12.0. The van der Waals surface area contributed by atoms with Crippen LogP contribution in [0.1, 0.15) is 5.69 Å². The summed E-state index contributed by atoms with van der Waals surface area (Å²) in [7, 11) is 0. The topological polar surface area (TPSA) is 53.3 Å². The highest BCUT2D eigenvalue weighted by molar-refractivity contribution is 8.00. The molecule has 1 aromatic rings. The van der Waals surface area contributed by atoms with Crippen molar-refractivity contribution in [1.29, 1.82) is 0 Å². The summed E-state index contributed by atoms with van der Waals surface area (Å²) < 4.78 is 0.658. The zero-order chi connectivity index (χ0) is 17.3. The van der Waals surface area contributed by atoms with Crippen molar-refractivity contribution in [2.75, 3.05) is 5.75 Å². The number of hydrogen-bond donors (Lipinski definition) is 1. The van der Waals surface area contributed by atoms with Gasteiger partial charge in [-0.15, -0.1) is 11.8 Å². The predicted molar refractivity (Wildman–Crippen MR) is 94.8 cm³/mol. The molecule has 10 heteroatoms. The molecule has 5 nitrogen and oxygen atoms in total. The first-order valence-electron chi connectivity index (χ1n) is 7.26. The van der Waals surface area contributed by atoms with E-state index in [0.717, 1.165) is 17.0 Å². The number of thioether (sulfide) groups is 1. The van der Waals surface area contributed by atoms with E-state index in [9.17, 15) is 9.59 Å². The van der Waals surface area contributed by atoms with E-state index in [1.165, 1.54) is 0 Å². The molecule has 2 amide bonds. The number of pyridine rings is 1. The molecule has 3 rings (SSSR count). The van der Waals surface area contributed by atoms with Crippen molar-refractivity contribution in [2.24, 2.45) is 0 Å². The summed E-state index contributed by atoms with van der Waals surface area (Å²) in [6.07, 6.45) is 4.67. The largest absolute Gasteiger partial charge is 1.00 e. The second-order valence-corrected chi connectivity index (χ2v) is 9.23. The van der Waals surface area contributed by atoms with E-state index in [1.54, 1.807) is 16.7 Å². The van der Waals surface area contributed by atoms with Crippen LogP contribution in [0.2, 0.25) is 0 Å². The molecule has 2 atom stereocenters. The fourth-order valence-corrected chi connectivity index (χ4v) is 4.46. The average molecular weight is 488 g/mol. The first-order valence-corrected chi connectivity index (χ1v) is 9.44. The smallest absolute Gasteiger partial charge is 0.253 e. The Labute approximate surface area is 175 Å². The first kappa shape index (κ1) is 20.8. The van der Waals surface area contributed by atoms with Crippen LogP contribution in [0.3, 0.4) is 0 Å². The molecular formula is C15H15BrCl3N3O2S. The van der Waals surface area contributed by atoms with Crippen LogP contribution in [0.15, 0.2) is 36.2 Å². The normalized spacial score (nSPS) is 22.3. The van der Waals surface area contributed by atoms with E-state index < -0.39 is 9.83 Å². The number of aromatic nitrogens is 1. The molecule has 136 valence electrons. The number of nitrogens with one attached hydrogen (secondary N) is 1. The lowest BCUT2D eigenvalue weighted by atomic mass is 10.1. The van der Waals surface area contributed by atoms with Crippen LogP contribution in [-0.4, -0.2) is 38.2 Å². The number of halogens is 4. The number of rotatable bonds is 5. The molecule has 3 heterocycles. The summed E-state index contributed by atoms with van der Waals surface area (Å²) in [5, 5.41) is 2.54. The molecule has 1 aromatic heterocycles. The van der Waals surface area contributed by atoms with Crippen molar-refractivity contribution in [3.63, 3.8) is 0 Å². The number of β-lactam (4-membered cyclic amide) rings is 1. The van der Waals surface area contributed by atoms with Gasteiger partial charge in [0.15, 0.2) is 22.2 Å². The molecule has 2 aliphatic heterocycles. The lowest BCUT2D eigenvalue weighted by Gasteiger charge is -2.46. The summed E-state index contributed by atoms with van der Waals surface area (Å²) in [6.45, 7) is 0.617. The van der Waals surface area contributed by atoms with E-state index in [-0.39, 0.29) is 28.3 Å². The highest BCUT2D eigenvalue weighted by Gasteiger charge is 2.48. The highest BCUT2D eigenvalue weighted by Crippen LogP contribution is 2.36. The molecule has 0 unspecified atom stereocenters. The minimum absolute atomic E-state index is 0. The first-order chi connectivity index (χ1) is 11.4. The van der Waals surface area contributed by atoms with Crippen molar-refractivity contribution in [3.8, 4) is 0 Å². The van der Waals surface area contributed by atoms with E-state index in [2.05, 4.69) is 5.32 Å². The van der Waals surface area contributed by atoms with E-state index in [0.29, 0.717) is 19.4 Å². The third-order valence-corrected chi connectivity index (χ3v) is 5.66. The number of alkyl halides is 3. The van der Waals surface area contributed by atoms with Crippen LogP contribution < -0.4 is 26.9 Å². The summed E-state index contributed by atoms with van der Waals surface area (Å²) >= 11 is 19.4.